The molecule has 3 aromatic heterocycles. The molecule has 0 radical (unpaired) electrons. The summed E-state index contributed by atoms with van der Waals surface area (Å²) in [7, 11) is 0. The van der Waals surface area contributed by atoms with Crippen molar-refractivity contribution < 1.29 is 0 Å². The quantitative estimate of drug-likeness (QED) is 0.484. The Morgan fingerprint density at radius 1 is 0.967 bits per heavy atom. The molecule has 2 aliphatic heterocycles. The Balaban J connectivity index is 1.42. The van der Waals surface area contributed by atoms with Gasteiger partial charge in [-0.05, 0) is 74.9 Å². The number of pyridine rings is 1. The van der Waals surface area contributed by atoms with Crippen molar-refractivity contribution >= 4 is 27.8 Å². The van der Waals surface area contributed by atoms with Gasteiger partial charge in [-0.2, -0.15) is 5.10 Å². The van der Waals surface area contributed by atoms with Gasteiger partial charge in [-0.15, -0.1) is 0 Å². The van der Waals surface area contributed by atoms with Crippen molar-refractivity contribution in [2.24, 2.45) is 0 Å². The molecule has 0 spiro atoms. The predicted octanol–water partition coefficient (Wildman–Crippen LogP) is 3.96. The summed E-state index contributed by atoms with van der Waals surface area (Å²) in [4.78, 5) is 15.5. The molecule has 2 aliphatic rings. The summed E-state index contributed by atoms with van der Waals surface area (Å²) in [5, 5.41) is 12.4. The van der Waals surface area contributed by atoms with E-state index in [0.717, 1.165) is 65.5 Å². The molecular weight excluding hydrogens is 374 g/mol. The summed E-state index contributed by atoms with van der Waals surface area (Å²) in [6.07, 6.45) is 8.00. The monoisotopic (exact) mass is 401 g/mol. The summed E-state index contributed by atoms with van der Waals surface area (Å²) < 4.78 is 0. The van der Waals surface area contributed by atoms with Crippen molar-refractivity contribution in [3.63, 3.8) is 0 Å². The molecule has 0 saturated carbocycles. The number of nitrogens with one attached hydrogen (secondary N) is 3. The Bertz CT molecular complexity index is 1180. The number of aromatic amines is 2. The molecule has 7 heteroatoms. The molecular formula is C23H27N7. The number of fused-ring (bicyclic) bond motifs is 2. The predicted molar refractivity (Wildman–Crippen MR) is 120 cm³/mol. The summed E-state index contributed by atoms with van der Waals surface area (Å²) in [6, 6.07) is 8.72. The van der Waals surface area contributed by atoms with Crippen LogP contribution in [0.3, 0.4) is 0 Å². The number of hydrogen-bond donors (Lipinski definition) is 3. The lowest BCUT2D eigenvalue weighted by Gasteiger charge is -2.27. The first kappa shape index (κ1) is 17.9. The minimum atomic E-state index is 0.615. The van der Waals surface area contributed by atoms with Gasteiger partial charge in [0.15, 0.2) is 11.6 Å². The number of benzene rings is 1. The molecule has 4 aromatic rings. The molecule has 2 fully saturated rings. The van der Waals surface area contributed by atoms with Crippen molar-refractivity contribution in [3.05, 3.63) is 36.0 Å². The Morgan fingerprint density at radius 3 is 2.70 bits per heavy atom. The second kappa shape index (κ2) is 7.40. The minimum absolute atomic E-state index is 0.615. The molecule has 3 N–H and O–H groups in total. The zero-order valence-electron chi connectivity index (χ0n) is 17.1. The highest BCUT2D eigenvalue weighted by Crippen LogP contribution is 2.33. The number of nitrogens with zero attached hydrogens (tertiary/aromatic N) is 4. The van der Waals surface area contributed by atoms with E-state index in [1.165, 1.54) is 37.7 Å². The van der Waals surface area contributed by atoms with Gasteiger partial charge in [-0.3, -0.25) is 5.10 Å². The lowest BCUT2D eigenvalue weighted by Crippen LogP contribution is -2.30. The fourth-order valence-electron chi connectivity index (χ4n) is 4.99. The van der Waals surface area contributed by atoms with E-state index in [-0.39, 0.29) is 0 Å². The van der Waals surface area contributed by atoms with Crippen LogP contribution in [0.1, 0.15) is 43.6 Å². The molecule has 7 nitrogen and oxygen atoms in total. The zero-order valence-corrected chi connectivity index (χ0v) is 17.1. The van der Waals surface area contributed by atoms with Crippen molar-refractivity contribution in [2.45, 2.75) is 38.0 Å². The summed E-state index contributed by atoms with van der Waals surface area (Å²) in [5.41, 5.74) is 5.31. The number of rotatable bonds is 3. The van der Waals surface area contributed by atoms with E-state index in [4.69, 9.17) is 4.98 Å². The van der Waals surface area contributed by atoms with Crippen molar-refractivity contribution in [2.75, 3.05) is 31.1 Å². The number of piperidine rings is 2. The van der Waals surface area contributed by atoms with Gasteiger partial charge in [-0.25, -0.2) is 9.97 Å². The number of aromatic nitrogens is 5. The number of anilines is 1. The van der Waals surface area contributed by atoms with Crippen LogP contribution in [0, 0.1) is 0 Å². The Labute approximate surface area is 175 Å². The Morgan fingerprint density at radius 2 is 1.83 bits per heavy atom. The summed E-state index contributed by atoms with van der Waals surface area (Å²) >= 11 is 0. The first-order valence-corrected chi connectivity index (χ1v) is 11.2. The fourth-order valence-corrected chi connectivity index (χ4v) is 4.99. The normalized spacial score (nSPS) is 18.5. The Kier molecular flexibility index (Phi) is 4.41. The van der Waals surface area contributed by atoms with Crippen LogP contribution in [-0.2, 0) is 0 Å². The van der Waals surface area contributed by atoms with Gasteiger partial charge in [0, 0.05) is 24.7 Å². The highest BCUT2D eigenvalue weighted by molar-refractivity contribution is 5.95. The Hall–Kier alpha value is -2.93. The molecule has 6 rings (SSSR count). The molecule has 30 heavy (non-hydrogen) atoms. The third-order valence-electron chi connectivity index (χ3n) is 6.66. The van der Waals surface area contributed by atoms with Crippen LogP contribution in [0.2, 0.25) is 0 Å². The largest absolute Gasteiger partial charge is 0.355 e. The van der Waals surface area contributed by atoms with Gasteiger partial charge < -0.3 is 15.2 Å². The first-order chi connectivity index (χ1) is 14.9. The number of imidazole rings is 1. The van der Waals surface area contributed by atoms with E-state index in [0.29, 0.717) is 5.92 Å². The van der Waals surface area contributed by atoms with Gasteiger partial charge in [0.2, 0.25) is 0 Å². The van der Waals surface area contributed by atoms with E-state index in [9.17, 15) is 0 Å². The first-order valence-electron chi connectivity index (χ1n) is 11.2. The summed E-state index contributed by atoms with van der Waals surface area (Å²) in [5.74, 6) is 2.42. The third-order valence-corrected chi connectivity index (χ3v) is 6.66. The van der Waals surface area contributed by atoms with Crippen LogP contribution in [0.4, 0.5) is 5.82 Å². The number of hydrogen-bond acceptors (Lipinski definition) is 5. The maximum Gasteiger partial charge on any atom is 0.159 e. The van der Waals surface area contributed by atoms with E-state index in [1.54, 1.807) is 0 Å². The van der Waals surface area contributed by atoms with Crippen LogP contribution in [0.5, 0.6) is 0 Å². The van der Waals surface area contributed by atoms with Gasteiger partial charge in [-0.1, -0.05) is 6.07 Å². The summed E-state index contributed by atoms with van der Waals surface area (Å²) in [6.45, 7) is 4.30. The van der Waals surface area contributed by atoms with Crippen molar-refractivity contribution in [1.29, 1.82) is 0 Å². The average Bonchev–Trinajstić information content (AvgIpc) is 3.43. The zero-order chi connectivity index (χ0) is 19.9. The van der Waals surface area contributed by atoms with Gasteiger partial charge in [0.05, 0.1) is 11.0 Å². The average molecular weight is 402 g/mol. The van der Waals surface area contributed by atoms with Crippen molar-refractivity contribution in [1.82, 2.24) is 30.5 Å². The third kappa shape index (κ3) is 3.04. The van der Waals surface area contributed by atoms with Crippen molar-refractivity contribution in [3.8, 4) is 11.5 Å². The molecule has 1 aromatic carbocycles. The maximum absolute atomic E-state index is 4.97. The minimum Gasteiger partial charge on any atom is -0.355 e. The van der Waals surface area contributed by atoms with Crippen LogP contribution >= 0.6 is 0 Å². The SMILES string of the molecule is c1cc2[nH]c(-c3n[nH]c4ccc(C5CCNCC5)cc34)nc2c(N2CCCCC2)n1. The van der Waals surface area contributed by atoms with E-state index in [1.807, 2.05) is 12.3 Å². The fraction of sp³-hybridized carbons (Fsp3) is 0.435. The lowest BCUT2D eigenvalue weighted by atomic mass is 9.89. The second-order valence-electron chi connectivity index (χ2n) is 8.57. The molecule has 5 heterocycles. The standard InChI is InChI=1S/C23H27N7/c1-2-12-30(13-3-1)23-21-19(8-11-25-23)26-22(27-21)20-17-14-16(4-5-18(17)28-29-20)15-6-9-24-10-7-15/h4-5,8,11,14-15,24H,1-3,6-7,9-10,12-13H2,(H,26,27)(H,28,29). The van der Waals surface area contributed by atoms with Crippen LogP contribution < -0.4 is 10.2 Å². The van der Waals surface area contributed by atoms with Gasteiger partial charge in [0.25, 0.3) is 0 Å². The van der Waals surface area contributed by atoms with E-state index >= 15 is 0 Å². The van der Waals surface area contributed by atoms with Crippen LogP contribution in [0.15, 0.2) is 30.5 Å². The molecule has 0 amide bonds. The molecule has 0 unspecified atom stereocenters. The van der Waals surface area contributed by atoms with Crippen LogP contribution in [0.25, 0.3) is 33.5 Å². The van der Waals surface area contributed by atoms with Gasteiger partial charge in [0.1, 0.15) is 11.2 Å². The second-order valence-corrected chi connectivity index (χ2v) is 8.57. The molecule has 0 atom stereocenters. The molecule has 0 aliphatic carbocycles. The maximum atomic E-state index is 4.97. The number of H-pyrrole nitrogens is 2. The topological polar surface area (TPSA) is 85.5 Å². The van der Waals surface area contributed by atoms with E-state index < -0.39 is 0 Å². The molecule has 2 saturated heterocycles. The smallest absolute Gasteiger partial charge is 0.159 e. The van der Waals surface area contributed by atoms with Crippen LogP contribution in [-0.4, -0.2) is 51.3 Å². The molecule has 154 valence electrons. The highest BCUT2D eigenvalue weighted by atomic mass is 15.2. The van der Waals surface area contributed by atoms with Gasteiger partial charge >= 0.3 is 0 Å². The van der Waals surface area contributed by atoms with E-state index in [2.05, 4.69) is 48.6 Å². The highest BCUT2D eigenvalue weighted by Gasteiger charge is 2.21. The molecule has 0 bridgehead atoms. The lowest BCUT2D eigenvalue weighted by molar-refractivity contribution is 0.460.